The summed E-state index contributed by atoms with van der Waals surface area (Å²) in [5, 5.41) is 7.70. The summed E-state index contributed by atoms with van der Waals surface area (Å²) in [5.74, 6) is 0.793. The zero-order valence-corrected chi connectivity index (χ0v) is 11.8. The van der Waals surface area contributed by atoms with Crippen LogP contribution in [0.3, 0.4) is 0 Å². The summed E-state index contributed by atoms with van der Waals surface area (Å²) in [7, 11) is 3.86. The minimum absolute atomic E-state index is 0.0709. The summed E-state index contributed by atoms with van der Waals surface area (Å²) >= 11 is 0. The van der Waals surface area contributed by atoms with Gasteiger partial charge in [0.15, 0.2) is 0 Å². The van der Waals surface area contributed by atoms with Crippen LogP contribution >= 0.6 is 0 Å². The van der Waals surface area contributed by atoms with Crippen LogP contribution in [0.25, 0.3) is 0 Å². The lowest BCUT2D eigenvalue weighted by molar-refractivity contribution is 0.338. The first-order valence-corrected chi connectivity index (χ1v) is 6.40. The largest absolute Gasteiger partial charge is 0.492 e. The van der Waals surface area contributed by atoms with Gasteiger partial charge >= 0.3 is 0 Å². The van der Waals surface area contributed by atoms with Gasteiger partial charge in [0.05, 0.1) is 24.5 Å². The van der Waals surface area contributed by atoms with Gasteiger partial charge in [-0.3, -0.25) is 9.67 Å². The molecule has 0 aliphatic heterocycles. The Kier molecular flexibility index (Phi) is 4.16. The van der Waals surface area contributed by atoms with Gasteiger partial charge in [0, 0.05) is 25.0 Å². The molecule has 0 spiro atoms. The fourth-order valence-corrected chi connectivity index (χ4v) is 2.24. The molecule has 0 amide bonds. The minimum atomic E-state index is 0.0709. The highest BCUT2D eigenvalue weighted by Gasteiger charge is 2.17. The summed E-state index contributed by atoms with van der Waals surface area (Å²) in [5.41, 5.74) is 3.24. The van der Waals surface area contributed by atoms with E-state index in [1.165, 1.54) is 0 Å². The Balaban J connectivity index is 2.36. The molecular formula is C14H20N4O. The van der Waals surface area contributed by atoms with Gasteiger partial charge in [0.1, 0.15) is 5.75 Å². The zero-order valence-electron chi connectivity index (χ0n) is 11.8. The van der Waals surface area contributed by atoms with E-state index in [1.54, 1.807) is 6.20 Å². The van der Waals surface area contributed by atoms with Crippen LogP contribution in [-0.4, -0.2) is 28.4 Å². The molecule has 2 heterocycles. The highest BCUT2D eigenvalue weighted by Crippen LogP contribution is 2.25. The fourth-order valence-electron chi connectivity index (χ4n) is 2.24. The van der Waals surface area contributed by atoms with Crippen molar-refractivity contribution in [3.63, 3.8) is 0 Å². The molecule has 0 aliphatic carbocycles. The van der Waals surface area contributed by atoms with Gasteiger partial charge in [-0.15, -0.1) is 0 Å². The molecule has 2 aromatic rings. The third-order valence-electron chi connectivity index (χ3n) is 3.03. The molecule has 2 aromatic heterocycles. The van der Waals surface area contributed by atoms with Crippen molar-refractivity contribution in [3.8, 4) is 5.75 Å². The van der Waals surface area contributed by atoms with Crippen LogP contribution in [-0.2, 0) is 7.05 Å². The first kappa shape index (κ1) is 13.5. The summed E-state index contributed by atoms with van der Waals surface area (Å²) in [6.45, 7) is 4.62. The Morgan fingerprint density at radius 3 is 2.79 bits per heavy atom. The van der Waals surface area contributed by atoms with Crippen LogP contribution in [0.15, 0.2) is 24.7 Å². The molecule has 0 fully saturated rings. The van der Waals surface area contributed by atoms with Crippen molar-refractivity contribution in [2.45, 2.75) is 19.9 Å². The van der Waals surface area contributed by atoms with Crippen LogP contribution in [0.4, 0.5) is 0 Å². The normalized spacial score (nSPS) is 12.4. The highest BCUT2D eigenvalue weighted by molar-refractivity contribution is 5.34. The number of hydrogen-bond donors (Lipinski definition) is 1. The second kappa shape index (κ2) is 5.84. The van der Waals surface area contributed by atoms with Crippen LogP contribution in [0.2, 0.25) is 0 Å². The Labute approximate surface area is 113 Å². The summed E-state index contributed by atoms with van der Waals surface area (Å²) in [6, 6.07) is 2.09. The van der Waals surface area contributed by atoms with E-state index in [-0.39, 0.29) is 6.04 Å². The zero-order chi connectivity index (χ0) is 13.8. The number of nitrogens with one attached hydrogen (secondary N) is 1. The molecule has 0 saturated carbocycles. The van der Waals surface area contributed by atoms with E-state index in [2.05, 4.69) is 15.4 Å². The Hall–Kier alpha value is -1.88. The molecule has 102 valence electrons. The summed E-state index contributed by atoms with van der Waals surface area (Å²) < 4.78 is 7.33. The van der Waals surface area contributed by atoms with Crippen molar-refractivity contribution in [1.82, 2.24) is 20.1 Å². The number of ether oxygens (including phenoxy) is 1. The topological polar surface area (TPSA) is 52.0 Å². The van der Waals surface area contributed by atoms with Crippen molar-refractivity contribution < 1.29 is 4.74 Å². The molecule has 1 atom stereocenters. The van der Waals surface area contributed by atoms with Gasteiger partial charge in [-0.2, -0.15) is 5.10 Å². The summed E-state index contributed by atoms with van der Waals surface area (Å²) in [6.07, 6.45) is 5.62. The monoisotopic (exact) mass is 260 g/mol. The lowest BCUT2D eigenvalue weighted by Crippen LogP contribution is -2.18. The summed E-state index contributed by atoms with van der Waals surface area (Å²) in [4.78, 5) is 4.24. The van der Waals surface area contributed by atoms with Gasteiger partial charge in [-0.05, 0) is 32.5 Å². The van der Waals surface area contributed by atoms with Gasteiger partial charge in [0.25, 0.3) is 0 Å². The molecule has 0 aromatic carbocycles. The molecular weight excluding hydrogens is 240 g/mol. The number of hydrogen-bond acceptors (Lipinski definition) is 4. The van der Waals surface area contributed by atoms with Crippen molar-refractivity contribution in [3.05, 3.63) is 41.5 Å². The van der Waals surface area contributed by atoms with E-state index in [1.807, 2.05) is 51.1 Å². The second-order valence-electron chi connectivity index (χ2n) is 4.45. The van der Waals surface area contributed by atoms with Crippen molar-refractivity contribution in [1.29, 1.82) is 0 Å². The van der Waals surface area contributed by atoms with Crippen LogP contribution in [0, 0.1) is 6.92 Å². The lowest BCUT2D eigenvalue weighted by atomic mass is 10.0. The number of nitrogens with zero attached hydrogens (tertiary/aromatic N) is 3. The van der Waals surface area contributed by atoms with Gasteiger partial charge < -0.3 is 10.1 Å². The SMILES string of the molecule is CCOc1cncc(C(NC)c2cn(C)nc2C)c1. The lowest BCUT2D eigenvalue weighted by Gasteiger charge is -2.16. The predicted molar refractivity (Wildman–Crippen MR) is 74.3 cm³/mol. The maximum absolute atomic E-state index is 5.50. The first-order valence-electron chi connectivity index (χ1n) is 6.40. The average Bonchev–Trinajstić information content (AvgIpc) is 2.71. The van der Waals surface area contributed by atoms with Gasteiger partial charge in [-0.25, -0.2) is 0 Å². The molecule has 1 N–H and O–H groups in total. The van der Waals surface area contributed by atoms with Gasteiger partial charge in [-0.1, -0.05) is 0 Å². The number of pyridine rings is 1. The van der Waals surface area contributed by atoms with Crippen molar-refractivity contribution in [2.24, 2.45) is 7.05 Å². The number of rotatable bonds is 5. The third-order valence-corrected chi connectivity index (χ3v) is 3.03. The minimum Gasteiger partial charge on any atom is -0.492 e. The predicted octanol–water partition coefficient (Wildman–Crippen LogP) is 1.83. The van der Waals surface area contributed by atoms with E-state index >= 15 is 0 Å². The third kappa shape index (κ3) is 2.93. The first-order chi connectivity index (χ1) is 9.15. The van der Waals surface area contributed by atoms with E-state index in [0.717, 1.165) is 22.6 Å². The van der Waals surface area contributed by atoms with E-state index in [9.17, 15) is 0 Å². The maximum atomic E-state index is 5.50. The Morgan fingerprint density at radius 1 is 1.42 bits per heavy atom. The average molecular weight is 260 g/mol. The van der Waals surface area contributed by atoms with Gasteiger partial charge in [0.2, 0.25) is 0 Å². The fraction of sp³-hybridized carbons (Fsp3) is 0.429. The van der Waals surface area contributed by atoms with Crippen molar-refractivity contribution in [2.75, 3.05) is 13.7 Å². The molecule has 5 nitrogen and oxygen atoms in total. The molecule has 0 aliphatic rings. The maximum Gasteiger partial charge on any atom is 0.137 e. The van der Waals surface area contributed by atoms with E-state index < -0.39 is 0 Å². The molecule has 19 heavy (non-hydrogen) atoms. The molecule has 1 unspecified atom stereocenters. The van der Waals surface area contributed by atoms with E-state index in [4.69, 9.17) is 4.74 Å². The van der Waals surface area contributed by atoms with Crippen molar-refractivity contribution >= 4 is 0 Å². The number of aromatic nitrogens is 3. The Bertz CT molecular complexity index is 550. The second-order valence-corrected chi connectivity index (χ2v) is 4.45. The van der Waals surface area contributed by atoms with E-state index in [0.29, 0.717) is 6.61 Å². The molecule has 5 heteroatoms. The standard InChI is InChI=1S/C14H20N4O/c1-5-19-12-6-11(7-16-8-12)14(15-3)13-9-18(4)17-10(13)2/h6-9,14-15H,5H2,1-4H3. The molecule has 2 rings (SSSR count). The number of aryl methyl sites for hydroxylation is 2. The molecule has 0 bridgehead atoms. The van der Waals surface area contributed by atoms with Crippen LogP contribution < -0.4 is 10.1 Å². The van der Waals surface area contributed by atoms with Crippen LogP contribution in [0.1, 0.15) is 29.8 Å². The molecule has 0 saturated heterocycles. The quantitative estimate of drug-likeness (QED) is 0.891. The molecule has 0 radical (unpaired) electrons. The Morgan fingerprint density at radius 2 is 2.21 bits per heavy atom. The van der Waals surface area contributed by atoms with Crippen LogP contribution in [0.5, 0.6) is 5.75 Å². The smallest absolute Gasteiger partial charge is 0.137 e. The highest BCUT2D eigenvalue weighted by atomic mass is 16.5.